The molecule has 0 heterocycles. The first-order valence-electron chi connectivity index (χ1n) is 5.96. The van der Waals surface area contributed by atoms with Gasteiger partial charge >= 0.3 is 5.97 Å². The zero-order valence-corrected chi connectivity index (χ0v) is 10.9. The minimum Gasteiger partial charge on any atom is -0.481 e. The number of hydrogen-bond donors (Lipinski definition) is 1. The minimum atomic E-state index is -0.797. The van der Waals surface area contributed by atoms with Crippen molar-refractivity contribution in [3.8, 4) is 0 Å². The van der Waals surface area contributed by atoms with E-state index in [4.69, 9.17) is 14.6 Å². The molecule has 1 N–H and O–H groups in total. The summed E-state index contributed by atoms with van der Waals surface area (Å²) in [5.74, 6) is -0.797. The van der Waals surface area contributed by atoms with Gasteiger partial charge in [0.1, 0.15) is 12.2 Å². The fourth-order valence-corrected chi connectivity index (χ4v) is 2.62. The van der Waals surface area contributed by atoms with Crippen LogP contribution in [0.15, 0.2) is 34.4 Å². The molecule has 2 unspecified atom stereocenters. The van der Waals surface area contributed by atoms with Crippen molar-refractivity contribution in [2.45, 2.75) is 32.0 Å². The summed E-state index contributed by atoms with van der Waals surface area (Å²) >= 11 is 0. The lowest BCUT2D eigenvalue weighted by molar-refractivity contribution is -0.136. The first-order valence-corrected chi connectivity index (χ1v) is 5.96. The summed E-state index contributed by atoms with van der Waals surface area (Å²) in [5.41, 5.74) is 4.23. The number of fused-ring (bicyclic) bond motifs is 1. The molecule has 0 radical (unpaired) electrons. The third-order valence-electron chi connectivity index (χ3n) is 3.53. The van der Waals surface area contributed by atoms with E-state index in [1.807, 2.05) is 19.1 Å². The monoisotopic (exact) mass is 250 g/mol. The highest BCUT2D eigenvalue weighted by molar-refractivity contribution is 5.75. The summed E-state index contributed by atoms with van der Waals surface area (Å²) in [6.45, 7) is 1.99. The Morgan fingerprint density at radius 3 is 2.50 bits per heavy atom. The minimum absolute atomic E-state index is 0.0725. The van der Waals surface area contributed by atoms with Gasteiger partial charge in [0.25, 0.3) is 0 Å². The summed E-state index contributed by atoms with van der Waals surface area (Å²) in [4.78, 5) is 10.9. The number of allylic oxidation sites excluding steroid dienone is 3. The molecule has 2 atom stereocenters. The molecule has 18 heavy (non-hydrogen) atoms. The molecule has 0 bridgehead atoms. The number of rotatable bonds is 4. The van der Waals surface area contributed by atoms with Gasteiger partial charge < -0.3 is 14.6 Å². The molecule has 2 rings (SSSR count). The van der Waals surface area contributed by atoms with Crippen LogP contribution >= 0.6 is 0 Å². The van der Waals surface area contributed by atoms with Crippen molar-refractivity contribution < 1.29 is 19.4 Å². The maximum absolute atomic E-state index is 10.9. The van der Waals surface area contributed by atoms with Crippen LogP contribution in [0.5, 0.6) is 0 Å². The van der Waals surface area contributed by atoms with E-state index in [-0.39, 0.29) is 18.6 Å². The van der Waals surface area contributed by atoms with Crippen LogP contribution in [0.3, 0.4) is 0 Å². The molecule has 0 aromatic carbocycles. The molecule has 0 saturated carbocycles. The molecule has 0 saturated heterocycles. The van der Waals surface area contributed by atoms with Gasteiger partial charge in [0, 0.05) is 14.2 Å². The Kier molecular flexibility index (Phi) is 3.68. The van der Waals surface area contributed by atoms with Gasteiger partial charge in [-0.2, -0.15) is 0 Å². The quantitative estimate of drug-likeness (QED) is 0.830. The Morgan fingerprint density at radius 2 is 1.94 bits per heavy atom. The Hall–Kier alpha value is -1.39. The van der Waals surface area contributed by atoms with Crippen LogP contribution in [-0.4, -0.2) is 37.5 Å². The summed E-state index contributed by atoms with van der Waals surface area (Å²) in [6.07, 6.45) is 4.67. The summed E-state index contributed by atoms with van der Waals surface area (Å²) in [7, 11) is 3.29. The molecule has 2 aliphatic carbocycles. The SMILES string of the molecule is COC1C=C2CC(C)=C(CC(=O)O)C2=CC1OC. The van der Waals surface area contributed by atoms with Gasteiger partial charge in [-0.15, -0.1) is 0 Å². The van der Waals surface area contributed by atoms with Crippen LogP contribution in [0.25, 0.3) is 0 Å². The number of methoxy groups -OCH3 is 2. The predicted octanol–water partition coefficient (Wildman–Crippen LogP) is 2.08. The number of carbonyl (C=O) groups is 1. The fraction of sp³-hybridized carbons (Fsp3) is 0.500. The van der Waals surface area contributed by atoms with E-state index in [0.717, 1.165) is 28.7 Å². The van der Waals surface area contributed by atoms with Crippen LogP contribution in [0.1, 0.15) is 19.8 Å². The van der Waals surface area contributed by atoms with Crippen molar-refractivity contribution in [1.82, 2.24) is 0 Å². The Morgan fingerprint density at radius 1 is 1.33 bits per heavy atom. The third kappa shape index (κ3) is 2.26. The maximum Gasteiger partial charge on any atom is 0.307 e. The van der Waals surface area contributed by atoms with Crippen LogP contribution in [-0.2, 0) is 14.3 Å². The van der Waals surface area contributed by atoms with E-state index in [9.17, 15) is 4.79 Å². The standard InChI is InChI=1S/C14H18O4/c1-8-4-9-5-12(17-2)13(18-3)6-11(9)10(8)7-14(15)16/h5-6,12-13H,4,7H2,1-3H3,(H,15,16). The van der Waals surface area contributed by atoms with Crippen molar-refractivity contribution in [3.63, 3.8) is 0 Å². The number of carboxylic acids is 1. The van der Waals surface area contributed by atoms with Crippen molar-refractivity contribution in [1.29, 1.82) is 0 Å². The van der Waals surface area contributed by atoms with Gasteiger partial charge in [-0.25, -0.2) is 0 Å². The molecule has 0 aromatic rings. The highest BCUT2D eigenvalue weighted by Crippen LogP contribution is 2.41. The van der Waals surface area contributed by atoms with E-state index in [1.165, 1.54) is 0 Å². The maximum atomic E-state index is 10.9. The summed E-state index contributed by atoms with van der Waals surface area (Å²) in [5, 5.41) is 8.97. The molecule has 4 heteroatoms. The highest BCUT2D eigenvalue weighted by Gasteiger charge is 2.31. The second-order valence-corrected chi connectivity index (χ2v) is 4.68. The van der Waals surface area contributed by atoms with E-state index < -0.39 is 5.97 Å². The van der Waals surface area contributed by atoms with Crippen molar-refractivity contribution in [2.75, 3.05) is 14.2 Å². The predicted molar refractivity (Wildman–Crippen MR) is 67.3 cm³/mol. The van der Waals surface area contributed by atoms with E-state index in [1.54, 1.807) is 14.2 Å². The molecule has 98 valence electrons. The zero-order valence-electron chi connectivity index (χ0n) is 10.9. The lowest BCUT2D eigenvalue weighted by atomic mass is 9.92. The lowest BCUT2D eigenvalue weighted by Gasteiger charge is -2.25. The highest BCUT2D eigenvalue weighted by atomic mass is 16.5. The van der Waals surface area contributed by atoms with Crippen molar-refractivity contribution in [3.05, 3.63) is 34.4 Å². The second-order valence-electron chi connectivity index (χ2n) is 4.68. The van der Waals surface area contributed by atoms with Crippen LogP contribution in [0, 0.1) is 0 Å². The molecule has 0 fully saturated rings. The molecular weight excluding hydrogens is 232 g/mol. The number of hydrogen-bond acceptors (Lipinski definition) is 3. The average Bonchev–Trinajstić information content (AvgIpc) is 2.63. The summed E-state index contributed by atoms with van der Waals surface area (Å²) < 4.78 is 10.7. The van der Waals surface area contributed by atoms with E-state index >= 15 is 0 Å². The first-order chi connectivity index (χ1) is 8.56. The smallest absolute Gasteiger partial charge is 0.307 e. The molecule has 0 aliphatic heterocycles. The zero-order chi connectivity index (χ0) is 13.3. The van der Waals surface area contributed by atoms with Gasteiger partial charge in [-0.3, -0.25) is 4.79 Å². The molecule has 0 aromatic heterocycles. The largest absolute Gasteiger partial charge is 0.481 e. The average molecular weight is 250 g/mol. The molecule has 0 spiro atoms. The Balaban J connectivity index is 2.33. The Bertz CT molecular complexity index is 456. The molecule has 4 nitrogen and oxygen atoms in total. The number of ether oxygens (including phenoxy) is 2. The Labute approximate surface area is 107 Å². The van der Waals surface area contributed by atoms with Crippen LogP contribution < -0.4 is 0 Å². The first kappa shape index (κ1) is 13.1. The van der Waals surface area contributed by atoms with E-state index in [0.29, 0.717) is 0 Å². The topological polar surface area (TPSA) is 55.8 Å². The molecule has 2 aliphatic rings. The van der Waals surface area contributed by atoms with Gasteiger partial charge in [0.2, 0.25) is 0 Å². The van der Waals surface area contributed by atoms with Gasteiger partial charge in [-0.05, 0) is 42.2 Å². The van der Waals surface area contributed by atoms with Crippen molar-refractivity contribution >= 4 is 5.97 Å². The van der Waals surface area contributed by atoms with Crippen LogP contribution in [0.2, 0.25) is 0 Å². The number of carboxylic acid groups (broad SMARTS) is 1. The molecule has 0 amide bonds. The third-order valence-corrected chi connectivity index (χ3v) is 3.53. The van der Waals surface area contributed by atoms with Gasteiger partial charge in [0.15, 0.2) is 0 Å². The van der Waals surface area contributed by atoms with Crippen LogP contribution in [0.4, 0.5) is 0 Å². The summed E-state index contributed by atoms with van der Waals surface area (Å²) in [6, 6.07) is 0. The normalized spacial score (nSPS) is 26.8. The fourth-order valence-electron chi connectivity index (χ4n) is 2.62. The van der Waals surface area contributed by atoms with Gasteiger partial charge in [0.05, 0.1) is 6.42 Å². The van der Waals surface area contributed by atoms with Gasteiger partial charge in [-0.1, -0.05) is 5.57 Å². The molecular formula is C14H18O4. The number of aliphatic carboxylic acids is 1. The second kappa shape index (κ2) is 5.08. The van der Waals surface area contributed by atoms with Crippen molar-refractivity contribution in [2.24, 2.45) is 0 Å². The lowest BCUT2D eigenvalue weighted by Crippen LogP contribution is -2.29. The van der Waals surface area contributed by atoms with E-state index in [2.05, 4.69) is 0 Å².